The topological polar surface area (TPSA) is 151 Å². The van der Waals surface area contributed by atoms with Crippen LogP contribution in [0.25, 0.3) is 43.1 Å². The van der Waals surface area contributed by atoms with Gasteiger partial charge in [-0.25, -0.2) is 0 Å². The molecule has 0 bridgehead atoms. The fourth-order valence-corrected chi connectivity index (χ4v) is 17.3. The number of hydrogen-bond acceptors (Lipinski definition) is 8. The molecule has 0 unspecified atom stereocenters. The number of nitrogens with one attached hydrogen (secondary N) is 2. The summed E-state index contributed by atoms with van der Waals surface area (Å²) in [7, 11) is 0. The second kappa shape index (κ2) is 43.1. The smallest absolute Gasteiger partial charge is 0.261 e. The number of hydrogen-bond donors (Lipinski definition) is 2. The number of amides is 6. The van der Waals surface area contributed by atoms with Crippen molar-refractivity contribution in [1.82, 2.24) is 20.4 Å². The number of unbranched alkanes of at least 4 members (excludes halogenated alkanes) is 10. The molecule has 2 aliphatic heterocycles. The van der Waals surface area contributed by atoms with Crippen molar-refractivity contribution in [3.63, 3.8) is 0 Å². The fraction of sp³-hybridized carbons (Fsp3) is 0.612. The van der Waals surface area contributed by atoms with Gasteiger partial charge >= 0.3 is 0 Å². The number of rotatable bonds is 52. The molecule has 0 spiro atoms. The summed E-state index contributed by atoms with van der Waals surface area (Å²) in [5, 5.41) is 12.1. The molecule has 110 heavy (non-hydrogen) atoms. The third-order valence-corrected chi connectivity index (χ3v) is 24.2. The summed E-state index contributed by atoms with van der Waals surface area (Å²) < 4.78 is 13.5. The maximum atomic E-state index is 14.8. The van der Waals surface area contributed by atoms with Crippen molar-refractivity contribution < 1.29 is 38.2 Å². The summed E-state index contributed by atoms with van der Waals surface area (Å²) in [5.41, 5.74) is 7.47. The van der Waals surface area contributed by atoms with Crippen LogP contribution in [0.4, 0.5) is 0 Å². The van der Waals surface area contributed by atoms with Crippen molar-refractivity contribution in [3.05, 3.63) is 128 Å². The largest absolute Gasteiger partial charge is 0.493 e. The first-order valence-corrected chi connectivity index (χ1v) is 44.1. The Bertz CT molecular complexity index is 3800. The highest BCUT2D eigenvalue weighted by molar-refractivity contribution is 6.41. The van der Waals surface area contributed by atoms with E-state index in [-0.39, 0.29) is 38.0 Å². The van der Waals surface area contributed by atoms with E-state index in [1.807, 2.05) is 36.4 Å². The van der Waals surface area contributed by atoms with Gasteiger partial charge in [0.2, 0.25) is 0 Å². The maximum absolute atomic E-state index is 14.8. The van der Waals surface area contributed by atoms with E-state index in [1.165, 1.54) is 160 Å². The first kappa shape index (κ1) is 86.6. The minimum Gasteiger partial charge on any atom is -0.493 e. The molecule has 0 saturated heterocycles. The predicted octanol–water partition coefficient (Wildman–Crippen LogP) is 24.8. The van der Waals surface area contributed by atoms with E-state index in [0.29, 0.717) is 105 Å². The van der Waals surface area contributed by atoms with E-state index < -0.39 is 23.6 Å². The Morgan fingerprint density at radius 1 is 0.336 bits per heavy atom. The predicted molar refractivity (Wildman–Crippen MR) is 458 cm³/mol. The van der Waals surface area contributed by atoms with Crippen molar-refractivity contribution in [2.45, 2.75) is 302 Å². The summed E-state index contributed by atoms with van der Waals surface area (Å²) in [4.78, 5) is 91.0. The van der Waals surface area contributed by atoms with Crippen LogP contribution in [0.1, 0.15) is 361 Å². The number of benzene rings is 7. The standard InChI is InChI=1S/C98H140N4O8/c1-15-17-19-21-23-25-59-109-87-63-75(61-73(43-39-69(11)35-27-31-65(3)4)77(87)45-41-71(13)37-29-33-67(7)8)93(103)99-55-57-101-95(105)83-51-47-79-81-49-53-85-92-86(54-50-82(90(81)92)80-48-52-84(96(101)106)91(83)89(79)80)98(108)102(97(85)107)58-56-100-94(104)76-62-74(44-40-70(12)36-28-32-66(5)6)78(46-42-72(14)38-30-34-68(9)10)88(64-76)110-60-26-24-22-20-18-16-2/h47-54,61-72H,15-46,55-60H2,1-14H3,(H,99,103)(H,100,104)/t69-,70-,71-,72-/m0/s1. The van der Waals surface area contributed by atoms with Crippen molar-refractivity contribution in [2.24, 2.45) is 47.3 Å². The molecule has 7 aromatic carbocycles. The first-order valence-electron chi connectivity index (χ1n) is 44.1. The fourth-order valence-electron chi connectivity index (χ4n) is 17.3. The number of aryl methyl sites for hydroxylation is 2. The highest BCUT2D eigenvalue weighted by Crippen LogP contribution is 2.47. The van der Waals surface area contributed by atoms with Crippen molar-refractivity contribution >= 4 is 78.5 Å². The van der Waals surface area contributed by atoms with Crippen LogP contribution < -0.4 is 20.1 Å². The van der Waals surface area contributed by atoms with Gasteiger partial charge in [-0.3, -0.25) is 38.6 Å². The molecule has 0 aliphatic carbocycles. The number of carbonyl (C=O) groups is 6. The first-order chi connectivity index (χ1) is 53.0. The molecule has 4 atom stereocenters. The monoisotopic (exact) mass is 1500 g/mol. The molecule has 0 fully saturated rings. The van der Waals surface area contributed by atoms with E-state index in [1.54, 1.807) is 24.3 Å². The quantitative estimate of drug-likeness (QED) is 0.0166. The summed E-state index contributed by atoms with van der Waals surface area (Å²) in [5.74, 6) is 4.30. The summed E-state index contributed by atoms with van der Waals surface area (Å²) in [6, 6.07) is 22.9. The molecule has 0 saturated carbocycles. The summed E-state index contributed by atoms with van der Waals surface area (Å²) in [6.45, 7) is 33.6. The number of nitrogens with zero attached hydrogens (tertiary/aromatic N) is 2. The Morgan fingerprint density at radius 3 is 0.927 bits per heavy atom. The van der Waals surface area contributed by atoms with E-state index in [0.717, 1.165) is 121 Å². The number of imide groups is 2. The third kappa shape index (κ3) is 23.4. The van der Waals surface area contributed by atoms with Crippen LogP contribution in [0, 0.1) is 47.3 Å². The zero-order valence-electron chi connectivity index (χ0n) is 70.6. The molecule has 2 heterocycles. The number of fused-ring (bicyclic) bond motifs is 2. The van der Waals surface area contributed by atoms with Gasteiger partial charge in [-0.05, 0) is 215 Å². The molecule has 12 heteroatoms. The average Bonchev–Trinajstić information content (AvgIpc) is 0.691. The zero-order chi connectivity index (χ0) is 79.0. The van der Waals surface area contributed by atoms with Gasteiger partial charge in [-0.2, -0.15) is 0 Å². The van der Waals surface area contributed by atoms with Gasteiger partial charge < -0.3 is 20.1 Å². The molecule has 0 radical (unpaired) electrons. The second-order valence-electron chi connectivity index (χ2n) is 35.5. The van der Waals surface area contributed by atoms with Crippen LogP contribution in [0.15, 0.2) is 72.8 Å². The van der Waals surface area contributed by atoms with E-state index in [9.17, 15) is 28.8 Å². The van der Waals surface area contributed by atoms with Gasteiger partial charge in [0.15, 0.2) is 0 Å². The van der Waals surface area contributed by atoms with Crippen LogP contribution in [-0.4, -0.2) is 84.6 Å². The number of ether oxygens (including phenoxy) is 2. The Hall–Kier alpha value is -7.34. The molecular weight excluding hydrogens is 1360 g/mol. The van der Waals surface area contributed by atoms with Crippen molar-refractivity contribution in [3.8, 4) is 11.5 Å². The molecule has 12 nitrogen and oxygen atoms in total. The lowest BCUT2D eigenvalue weighted by atomic mass is 9.82. The Kier molecular flexibility index (Phi) is 33.9. The van der Waals surface area contributed by atoms with Crippen LogP contribution >= 0.6 is 0 Å². The van der Waals surface area contributed by atoms with Gasteiger partial charge in [0.05, 0.1) is 13.2 Å². The van der Waals surface area contributed by atoms with Crippen LogP contribution in [0.2, 0.25) is 0 Å². The average molecular weight is 1500 g/mol. The van der Waals surface area contributed by atoms with Crippen molar-refractivity contribution in [2.75, 3.05) is 39.4 Å². The normalized spacial score (nSPS) is 14.3. The van der Waals surface area contributed by atoms with E-state index in [4.69, 9.17) is 9.47 Å². The van der Waals surface area contributed by atoms with Crippen LogP contribution in [0.3, 0.4) is 0 Å². The Balaban J connectivity index is 0.917. The molecule has 600 valence electrons. The number of carbonyl (C=O) groups excluding carboxylic acids is 6. The van der Waals surface area contributed by atoms with Gasteiger partial charge in [-0.1, -0.05) is 262 Å². The summed E-state index contributed by atoms with van der Waals surface area (Å²) in [6.07, 6.45) is 36.0. The maximum Gasteiger partial charge on any atom is 0.261 e. The second-order valence-corrected chi connectivity index (χ2v) is 35.5. The molecule has 7 aromatic rings. The molecule has 2 N–H and O–H groups in total. The van der Waals surface area contributed by atoms with Gasteiger partial charge in [-0.15, -0.1) is 0 Å². The van der Waals surface area contributed by atoms with Gasteiger partial charge in [0.25, 0.3) is 35.4 Å². The molecular formula is C98H140N4O8. The lowest BCUT2D eigenvalue weighted by Crippen LogP contribution is -2.44. The lowest BCUT2D eigenvalue weighted by molar-refractivity contribution is 0.0594. The molecule has 2 aliphatic rings. The van der Waals surface area contributed by atoms with Crippen molar-refractivity contribution in [1.29, 1.82) is 0 Å². The highest BCUT2D eigenvalue weighted by atomic mass is 16.5. The molecule has 9 rings (SSSR count). The molecule has 0 aromatic heterocycles. The Morgan fingerprint density at radius 2 is 0.627 bits per heavy atom. The molecule has 6 amide bonds. The van der Waals surface area contributed by atoms with Crippen LogP contribution in [0.5, 0.6) is 11.5 Å². The van der Waals surface area contributed by atoms with Gasteiger partial charge in [0, 0.05) is 70.3 Å². The van der Waals surface area contributed by atoms with E-state index in [2.05, 4.69) is 120 Å². The minimum absolute atomic E-state index is 0.0247. The van der Waals surface area contributed by atoms with E-state index >= 15 is 0 Å². The zero-order valence-corrected chi connectivity index (χ0v) is 70.6. The summed E-state index contributed by atoms with van der Waals surface area (Å²) >= 11 is 0. The SMILES string of the molecule is CCCCCCCCOc1cc(C(=O)NCCN2C(=O)c3ccc4c5ccc6c7c(ccc(c8ccc(c3c48)C2=O)c75)C(=O)N(CCNC(=O)c2cc(CC[C@@H](C)CCCC(C)C)c(CC[C@@H](C)CCCC(C)C)c(OCCCCCCCC)c2)C6=O)cc(CC[C@@H](C)CCCC(C)C)c1CC[C@@H](C)CCCC(C)C. The van der Waals surface area contributed by atoms with Gasteiger partial charge in [0.1, 0.15) is 11.5 Å². The van der Waals surface area contributed by atoms with Crippen LogP contribution in [-0.2, 0) is 25.7 Å². The highest BCUT2D eigenvalue weighted by Gasteiger charge is 2.38. The minimum atomic E-state index is -0.432. The lowest BCUT2D eigenvalue weighted by Gasteiger charge is -2.30. The Labute approximate surface area is 662 Å². The third-order valence-electron chi connectivity index (χ3n) is 24.2.